The Balaban J connectivity index is 2.30. The van der Waals surface area contributed by atoms with Gasteiger partial charge in [-0.2, -0.15) is 0 Å². The quantitative estimate of drug-likeness (QED) is 0.559. The Morgan fingerprint density at radius 2 is 1.82 bits per heavy atom. The highest BCUT2D eigenvalue weighted by Crippen LogP contribution is 2.08. The van der Waals surface area contributed by atoms with Crippen LogP contribution in [-0.2, 0) is 9.53 Å². The SMILES string of the molecule is CCCCCC(C)OC(=O)CC(C)NC(=O)c1ccccc1. The van der Waals surface area contributed by atoms with Crippen molar-refractivity contribution in [3.05, 3.63) is 35.9 Å². The van der Waals surface area contributed by atoms with E-state index in [2.05, 4.69) is 12.2 Å². The highest BCUT2D eigenvalue weighted by molar-refractivity contribution is 5.94. The van der Waals surface area contributed by atoms with E-state index < -0.39 is 0 Å². The molecule has 0 heterocycles. The van der Waals surface area contributed by atoms with Crippen LogP contribution in [-0.4, -0.2) is 24.0 Å². The molecule has 22 heavy (non-hydrogen) atoms. The largest absolute Gasteiger partial charge is 0.463 e. The molecule has 0 aliphatic carbocycles. The molecule has 1 rings (SSSR count). The average Bonchev–Trinajstić information content (AvgIpc) is 2.47. The lowest BCUT2D eigenvalue weighted by Crippen LogP contribution is -2.35. The molecule has 122 valence electrons. The summed E-state index contributed by atoms with van der Waals surface area (Å²) in [6, 6.07) is 8.73. The topological polar surface area (TPSA) is 55.4 Å². The van der Waals surface area contributed by atoms with Crippen molar-refractivity contribution in [3.8, 4) is 0 Å². The van der Waals surface area contributed by atoms with Crippen molar-refractivity contribution in [2.45, 2.75) is 65.0 Å². The molecule has 0 saturated heterocycles. The molecule has 0 spiro atoms. The second-order valence-electron chi connectivity index (χ2n) is 5.74. The second-order valence-corrected chi connectivity index (χ2v) is 5.74. The number of carbonyl (C=O) groups excluding carboxylic acids is 2. The van der Waals surface area contributed by atoms with E-state index in [1.165, 1.54) is 0 Å². The lowest BCUT2D eigenvalue weighted by Gasteiger charge is -2.16. The first-order valence-corrected chi connectivity index (χ1v) is 8.08. The molecule has 0 radical (unpaired) electrons. The standard InChI is InChI=1S/C18H27NO3/c1-4-5-7-10-15(3)22-17(20)13-14(2)19-18(21)16-11-8-6-9-12-16/h6,8-9,11-12,14-15H,4-5,7,10,13H2,1-3H3,(H,19,21). The van der Waals surface area contributed by atoms with E-state index in [0.29, 0.717) is 5.56 Å². The molecule has 4 heteroatoms. The Morgan fingerprint density at radius 1 is 1.14 bits per heavy atom. The smallest absolute Gasteiger partial charge is 0.308 e. The molecule has 0 bridgehead atoms. The number of rotatable bonds is 9. The fourth-order valence-electron chi connectivity index (χ4n) is 2.21. The first-order chi connectivity index (χ1) is 10.5. The summed E-state index contributed by atoms with van der Waals surface area (Å²) in [5.74, 6) is -0.429. The van der Waals surface area contributed by atoms with Crippen molar-refractivity contribution in [3.63, 3.8) is 0 Å². The van der Waals surface area contributed by atoms with Crippen LogP contribution in [0.15, 0.2) is 30.3 Å². The first kappa shape index (κ1) is 18.2. The first-order valence-electron chi connectivity index (χ1n) is 8.08. The fraction of sp³-hybridized carbons (Fsp3) is 0.556. The highest BCUT2D eigenvalue weighted by Gasteiger charge is 2.16. The maximum Gasteiger partial charge on any atom is 0.308 e. The number of benzene rings is 1. The molecule has 1 aromatic carbocycles. The van der Waals surface area contributed by atoms with Gasteiger partial charge in [-0.05, 0) is 38.8 Å². The van der Waals surface area contributed by atoms with Crippen LogP contribution in [0.4, 0.5) is 0 Å². The summed E-state index contributed by atoms with van der Waals surface area (Å²) in [6.07, 6.45) is 4.41. The molecule has 1 aromatic rings. The number of ether oxygens (including phenoxy) is 1. The zero-order chi connectivity index (χ0) is 16.4. The Labute approximate surface area is 133 Å². The Hall–Kier alpha value is -1.84. The molecule has 0 fully saturated rings. The molecular formula is C18H27NO3. The van der Waals surface area contributed by atoms with Crippen molar-refractivity contribution >= 4 is 11.9 Å². The van der Waals surface area contributed by atoms with Crippen molar-refractivity contribution in [2.24, 2.45) is 0 Å². The van der Waals surface area contributed by atoms with Crippen LogP contribution in [0.25, 0.3) is 0 Å². The third-order valence-corrected chi connectivity index (χ3v) is 3.43. The van der Waals surface area contributed by atoms with E-state index in [1.54, 1.807) is 12.1 Å². The van der Waals surface area contributed by atoms with Gasteiger partial charge in [0.25, 0.3) is 5.91 Å². The van der Waals surface area contributed by atoms with Gasteiger partial charge in [-0.25, -0.2) is 0 Å². The van der Waals surface area contributed by atoms with Crippen molar-refractivity contribution in [1.82, 2.24) is 5.32 Å². The number of carbonyl (C=O) groups is 2. The predicted octanol–water partition coefficient (Wildman–Crippen LogP) is 3.71. The van der Waals surface area contributed by atoms with E-state index >= 15 is 0 Å². The Kier molecular flexibility index (Phi) is 8.26. The minimum Gasteiger partial charge on any atom is -0.463 e. The van der Waals surface area contributed by atoms with Gasteiger partial charge in [0, 0.05) is 11.6 Å². The summed E-state index contributed by atoms with van der Waals surface area (Å²) in [6.45, 7) is 5.87. The van der Waals surface area contributed by atoms with Gasteiger partial charge in [0.15, 0.2) is 0 Å². The minimum absolute atomic E-state index is 0.0592. The number of esters is 1. The van der Waals surface area contributed by atoms with Crippen LogP contribution < -0.4 is 5.32 Å². The van der Waals surface area contributed by atoms with Crippen molar-refractivity contribution < 1.29 is 14.3 Å². The van der Waals surface area contributed by atoms with E-state index in [1.807, 2.05) is 32.0 Å². The number of hydrogen-bond acceptors (Lipinski definition) is 3. The van der Waals surface area contributed by atoms with Crippen LogP contribution >= 0.6 is 0 Å². The third kappa shape index (κ3) is 7.25. The summed E-state index contributed by atoms with van der Waals surface area (Å²) in [7, 11) is 0. The molecular weight excluding hydrogens is 278 g/mol. The molecule has 0 saturated carbocycles. The number of hydrogen-bond donors (Lipinski definition) is 1. The molecule has 2 atom stereocenters. The van der Waals surface area contributed by atoms with Gasteiger partial charge in [0.2, 0.25) is 0 Å². The van der Waals surface area contributed by atoms with Gasteiger partial charge >= 0.3 is 5.97 Å². The van der Waals surface area contributed by atoms with Crippen LogP contribution in [0.1, 0.15) is 63.2 Å². The molecule has 1 N–H and O–H groups in total. The summed E-state index contributed by atoms with van der Waals surface area (Å²) in [5, 5.41) is 2.81. The number of unbranched alkanes of at least 4 members (excludes halogenated alkanes) is 2. The van der Waals surface area contributed by atoms with Gasteiger partial charge in [0.1, 0.15) is 0 Å². The van der Waals surface area contributed by atoms with Crippen LogP contribution in [0, 0.1) is 0 Å². The Bertz CT molecular complexity index is 459. The van der Waals surface area contributed by atoms with Gasteiger partial charge in [0.05, 0.1) is 12.5 Å². The monoisotopic (exact) mass is 305 g/mol. The van der Waals surface area contributed by atoms with Crippen LogP contribution in [0.3, 0.4) is 0 Å². The summed E-state index contributed by atoms with van der Waals surface area (Å²) >= 11 is 0. The summed E-state index contributed by atoms with van der Waals surface area (Å²) in [5.41, 5.74) is 0.593. The minimum atomic E-state index is -0.259. The Morgan fingerprint density at radius 3 is 2.45 bits per heavy atom. The van der Waals surface area contributed by atoms with E-state index in [-0.39, 0.29) is 30.4 Å². The zero-order valence-electron chi connectivity index (χ0n) is 13.8. The van der Waals surface area contributed by atoms with E-state index in [9.17, 15) is 9.59 Å². The van der Waals surface area contributed by atoms with Gasteiger partial charge in [-0.3, -0.25) is 9.59 Å². The fourth-order valence-corrected chi connectivity index (χ4v) is 2.21. The zero-order valence-corrected chi connectivity index (χ0v) is 13.8. The third-order valence-electron chi connectivity index (χ3n) is 3.43. The molecule has 1 amide bonds. The molecule has 2 unspecified atom stereocenters. The second kappa shape index (κ2) is 9.98. The summed E-state index contributed by atoms with van der Waals surface area (Å²) < 4.78 is 5.36. The van der Waals surface area contributed by atoms with Gasteiger partial charge < -0.3 is 10.1 Å². The maximum absolute atomic E-state index is 12.0. The average molecular weight is 305 g/mol. The van der Waals surface area contributed by atoms with Gasteiger partial charge in [-0.1, -0.05) is 38.0 Å². The molecule has 0 aliphatic rings. The lowest BCUT2D eigenvalue weighted by atomic mass is 10.1. The molecule has 0 aromatic heterocycles. The highest BCUT2D eigenvalue weighted by atomic mass is 16.5. The van der Waals surface area contributed by atoms with Crippen molar-refractivity contribution in [1.29, 1.82) is 0 Å². The number of nitrogens with one attached hydrogen (secondary N) is 1. The van der Waals surface area contributed by atoms with Crippen LogP contribution in [0.5, 0.6) is 0 Å². The lowest BCUT2D eigenvalue weighted by molar-refractivity contribution is -0.148. The van der Waals surface area contributed by atoms with E-state index in [0.717, 1.165) is 25.7 Å². The van der Waals surface area contributed by atoms with Crippen LogP contribution in [0.2, 0.25) is 0 Å². The van der Waals surface area contributed by atoms with Gasteiger partial charge in [-0.15, -0.1) is 0 Å². The molecule has 4 nitrogen and oxygen atoms in total. The maximum atomic E-state index is 12.0. The summed E-state index contributed by atoms with van der Waals surface area (Å²) in [4.78, 5) is 23.8. The number of amides is 1. The van der Waals surface area contributed by atoms with Crippen molar-refractivity contribution in [2.75, 3.05) is 0 Å². The van der Waals surface area contributed by atoms with E-state index in [4.69, 9.17) is 4.74 Å². The normalized spacial score (nSPS) is 13.2. The predicted molar refractivity (Wildman–Crippen MR) is 87.7 cm³/mol. The molecule has 0 aliphatic heterocycles.